The number of fused-ring (bicyclic) bond motifs is 1. The highest BCUT2D eigenvalue weighted by Gasteiger charge is 2.44. The molecule has 5 rings (SSSR count). The van der Waals surface area contributed by atoms with E-state index in [-0.39, 0.29) is 36.0 Å². The molecular weight excluding hydrogens is 534 g/mol. The van der Waals surface area contributed by atoms with E-state index in [4.69, 9.17) is 14.6 Å². The van der Waals surface area contributed by atoms with Gasteiger partial charge in [-0.05, 0) is 85.7 Å². The largest absolute Gasteiger partial charge is 0.495 e. The van der Waals surface area contributed by atoms with Crippen molar-refractivity contribution in [3.8, 4) is 11.5 Å². The number of methoxy groups -OCH3 is 1. The predicted molar refractivity (Wildman–Crippen MR) is 160 cm³/mol. The quantitative estimate of drug-likeness (QED) is 0.285. The number of carboxylic acids is 1. The molecule has 1 aliphatic carbocycles. The number of carboxylic acid groups (broad SMARTS) is 1. The number of ether oxygens (including phenoxy) is 2. The van der Waals surface area contributed by atoms with E-state index in [1.807, 2.05) is 42.2 Å². The Morgan fingerprint density at radius 1 is 0.952 bits per heavy atom. The Labute approximate surface area is 245 Å². The summed E-state index contributed by atoms with van der Waals surface area (Å²) in [6, 6.07) is 19.0. The van der Waals surface area contributed by atoms with Crippen LogP contribution < -0.4 is 20.1 Å². The number of amides is 3. The van der Waals surface area contributed by atoms with Gasteiger partial charge in [0.25, 0.3) is 0 Å². The predicted octanol–water partition coefficient (Wildman–Crippen LogP) is 6.13. The van der Waals surface area contributed by atoms with Crippen LogP contribution in [0.5, 0.6) is 11.5 Å². The number of rotatable bonds is 9. The van der Waals surface area contributed by atoms with Crippen molar-refractivity contribution in [2.45, 2.75) is 57.5 Å². The highest BCUT2D eigenvalue weighted by atomic mass is 16.5. The van der Waals surface area contributed by atoms with Gasteiger partial charge in [0.05, 0.1) is 30.8 Å². The number of para-hydroxylation sites is 1. The lowest BCUT2D eigenvalue weighted by atomic mass is 9.84. The second-order valence-corrected chi connectivity index (χ2v) is 11.0. The number of hydrogen-bond acceptors (Lipinski definition) is 5. The summed E-state index contributed by atoms with van der Waals surface area (Å²) in [5, 5.41) is 14.8. The Hall–Kier alpha value is -4.53. The third-order valence-corrected chi connectivity index (χ3v) is 8.29. The van der Waals surface area contributed by atoms with E-state index in [2.05, 4.69) is 10.6 Å². The van der Waals surface area contributed by atoms with Gasteiger partial charge >= 0.3 is 12.0 Å². The summed E-state index contributed by atoms with van der Waals surface area (Å²) >= 11 is 0. The fraction of sp³-hybridized carbons (Fsp3) is 0.364. The van der Waals surface area contributed by atoms with E-state index in [0.717, 1.165) is 42.5 Å². The molecule has 2 aliphatic rings. The van der Waals surface area contributed by atoms with Gasteiger partial charge in [-0.15, -0.1) is 0 Å². The maximum absolute atomic E-state index is 13.8. The van der Waals surface area contributed by atoms with E-state index >= 15 is 0 Å². The molecule has 2 fully saturated rings. The van der Waals surface area contributed by atoms with Gasteiger partial charge in [-0.3, -0.25) is 4.79 Å². The molecule has 2 unspecified atom stereocenters. The van der Waals surface area contributed by atoms with Crippen LogP contribution in [-0.4, -0.2) is 53.7 Å². The Morgan fingerprint density at radius 3 is 2.43 bits per heavy atom. The normalized spacial score (nSPS) is 19.5. The number of hydrogen-bond donors (Lipinski definition) is 3. The summed E-state index contributed by atoms with van der Waals surface area (Å²) in [7, 11) is 1.54. The summed E-state index contributed by atoms with van der Waals surface area (Å²) in [6.07, 6.45) is 5.48. The number of likely N-dealkylation sites (tertiary alicyclic amines) is 1. The molecule has 0 radical (unpaired) electrons. The molecule has 3 amide bonds. The molecule has 1 aliphatic heterocycles. The number of urea groups is 1. The van der Waals surface area contributed by atoms with Crippen molar-refractivity contribution < 1.29 is 29.0 Å². The molecule has 220 valence electrons. The zero-order chi connectivity index (χ0) is 29.6. The van der Waals surface area contributed by atoms with Crippen LogP contribution in [-0.2, 0) is 11.2 Å². The SMILES string of the molecule is COc1cc(CC(=O)N2C3CCCCC3C[C@H]2COc2ccc(C(=O)O)cc2)ccc1NC(=O)Nc1ccccc1C. The zero-order valence-electron chi connectivity index (χ0n) is 24.0. The molecule has 3 atom stereocenters. The van der Waals surface area contributed by atoms with Gasteiger partial charge in [0, 0.05) is 11.7 Å². The van der Waals surface area contributed by atoms with Gasteiger partial charge in [0.15, 0.2) is 0 Å². The molecule has 9 heteroatoms. The Morgan fingerprint density at radius 2 is 1.69 bits per heavy atom. The van der Waals surface area contributed by atoms with Crippen molar-refractivity contribution in [1.29, 1.82) is 0 Å². The van der Waals surface area contributed by atoms with Gasteiger partial charge in [-0.1, -0.05) is 37.1 Å². The van der Waals surface area contributed by atoms with Crippen LogP contribution in [0.25, 0.3) is 0 Å². The zero-order valence-corrected chi connectivity index (χ0v) is 24.0. The van der Waals surface area contributed by atoms with Crippen LogP contribution in [0.1, 0.15) is 53.6 Å². The van der Waals surface area contributed by atoms with Gasteiger partial charge < -0.3 is 30.1 Å². The average molecular weight is 572 g/mol. The van der Waals surface area contributed by atoms with E-state index in [0.29, 0.717) is 29.7 Å². The van der Waals surface area contributed by atoms with E-state index < -0.39 is 5.97 Å². The smallest absolute Gasteiger partial charge is 0.335 e. The van der Waals surface area contributed by atoms with E-state index in [1.165, 1.54) is 25.7 Å². The van der Waals surface area contributed by atoms with Crippen molar-refractivity contribution >= 4 is 29.3 Å². The molecule has 3 aromatic rings. The van der Waals surface area contributed by atoms with Crippen LogP contribution >= 0.6 is 0 Å². The molecule has 0 spiro atoms. The highest BCUT2D eigenvalue weighted by Crippen LogP contribution is 2.40. The lowest BCUT2D eigenvalue weighted by molar-refractivity contribution is -0.134. The Bertz CT molecular complexity index is 1440. The fourth-order valence-electron chi connectivity index (χ4n) is 6.19. The molecule has 1 saturated carbocycles. The molecule has 3 aromatic carbocycles. The molecule has 42 heavy (non-hydrogen) atoms. The molecular formula is C33H37N3O6. The summed E-state index contributed by atoms with van der Waals surface area (Å²) in [5.74, 6) is 0.575. The van der Waals surface area contributed by atoms with Crippen molar-refractivity contribution in [1.82, 2.24) is 4.90 Å². The first kappa shape index (κ1) is 29.0. The summed E-state index contributed by atoms with van der Waals surface area (Å²) in [5.41, 5.74) is 3.18. The fourth-order valence-corrected chi connectivity index (χ4v) is 6.19. The first-order valence-corrected chi connectivity index (χ1v) is 14.4. The third-order valence-electron chi connectivity index (χ3n) is 8.29. The topological polar surface area (TPSA) is 117 Å². The van der Waals surface area contributed by atoms with Gasteiger partial charge in [0.1, 0.15) is 18.1 Å². The number of anilines is 2. The maximum atomic E-state index is 13.8. The minimum atomic E-state index is -0.982. The van der Waals surface area contributed by atoms with Crippen LogP contribution in [0.2, 0.25) is 0 Å². The number of benzene rings is 3. The molecule has 9 nitrogen and oxygen atoms in total. The van der Waals surface area contributed by atoms with Crippen molar-refractivity contribution in [2.75, 3.05) is 24.4 Å². The van der Waals surface area contributed by atoms with Crippen LogP contribution in [0.4, 0.5) is 16.2 Å². The monoisotopic (exact) mass is 571 g/mol. The van der Waals surface area contributed by atoms with Crippen LogP contribution in [0, 0.1) is 12.8 Å². The number of carbonyl (C=O) groups is 3. The summed E-state index contributed by atoms with van der Waals surface area (Å²) in [4.78, 5) is 39.6. The molecule has 3 N–H and O–H groups in total. The van der Waals surface area contributed by atoms with Gasteiger partial charge in [-0.25, -0.2) is 9.59 Å². The van der Waals surface area contributed by atoms with Crippen molar-refractivity contribution in [2.24, 2.45) is 5.92 Å². The summed E-state index contributed by atoms with van der Waals surface area (Å²) < 4.78 is 11.6. The molecule has 1 heterocycles. The second kappa shape index (κ2) is 13.0. The third kappa shape index (κ3) is 6.67. The van der Waals surface area contributed by atoms with Gasteiger partial charge in [0.2, 0.25) is 5.91 Å². The first-order valence-electron chi connectivity index (χ1n) is 14.4. The Kier molecular flexibility index (Phi) is 8.95. The summed E-state index contributed by atoms with van der Waals surface area (Å²) in [6.45, 7) is 2.28. The first-order chi connectivity index (χ1) is 20.3. The average Bonchev–Trinajstić information content (AvgIpc) is 3.37. The molecule has 0 bridgehead atoms. The van der Waals surface area contributed by atoms with E-state index in [9.17, 15) is 14.4 Å². The maximum Gasteiger partial charge on any atom is 0.335 e. The number of nitrogens with one attached hydrogen (secondary N) is 2. The Balaban J connectivity index is 1.26. The number of aryl methyl sites for hydroxylation is 1. The molecule has 0 aromatic heterocycles. The van der Waals surface area contributed by atoms with Crippen molar-refractivity contribution in [3.63, 3.8) is 0 Å². The van der Waals surface area contributed by atoms with Crippen LogP contribution in [0.3, 0.4) is 0 Å². The van der Waals surface area contributed by atoms with Gasteiger partial charge in [-0.2, -0.15) is 0 Å². The number of nitrogens with zero attached hydrogens (tertiary/aromatic N) is 1. The standard InChI is InChI=1S/C33H37N3O6/c1-21-7-3-5-9-27(21)34-33(40)35-28-16-11-22(17-30(28)41-2)18-31(37)36-25(19-24-8-4-6-10-29(24)36)20-42-26-14-12-23(13-15-26)32(38)39/h3,5,7,9,11-17,24-25,29H,4,6,8,10,18-20H2,1-2H3,(H,38,39)(H2,34,35,40)/t24?,25-,29?/m0/s1. The minimum Gasteiger partial charge on any atom is -0.495 e. The number of carbonyl (C=O) groups excluding carboxylic acids is 2. The van der Waals surface area contributed by atoms with Crippen molar-refractivity contribution in [3.05, 3.63) is 83.4 Å². The highest BCUT2D eigenvalue weighted by molar-refractivity contribution is 6.01. The lowest BCUT2D eigenvalue weighted by Gasteiger charge is -2.34. The number of aromatic carboxylic acids is 1. The van der Waals surface area contributed by atoms with E-state index in [1.54, 1.807) is 24.3 Å². The minimum absolute atomic E-state index is 0.0410. The second-order valence-electron chi connectivity index (χ2n) is 11.0. The molecule has 1 saturated heterocycles. The van der Waals surface area contributed by atoms with Crippen LogP contribution in [0.15, 0.2) is 66.7 Å². The lowest BCUT2D eigenvalue weighted by Crippen LogP contribution is -2.46.